The van der Waals surface area contributed by atoms with Crippen molar-refractivity contribution in [2.24, 2.45) is 0 Å². The van der Waals surface area contributed by atoms with Crippen molar-refractivity contribution in [2.75, 3.05) is 0 Å². The summed E-state index contributed by atoms with van der Waals surface area (Å²) in [5, 5.41) is 8.09. The Bertz CT molecular complexity index is 1370. The predicted molar refractivity (Wildman–Crippen MR) is 123 cm³/mol. The summed E-state index contributed by atoms with van der Waals surface area (Å²) in [6.07, 6.45) is 5.66. The molecule has 1 fully saturated rings. The SMILES string of the molecule is Cc1c(-c2nc(-c3cccc(Cl)c3)no2)sc2ncn(CC(=O)NC3CCCC3)c(=O)c12. The lowest BCUT2D eigenvalue weighted by Crippen LogP contribution is -2.37. The number of amides is 1. The first-order valence-corrected chi connectivity index (χ1v) is 11.6. The Morgan fingerprint density at radius 2 is 2.16 bits per heavy atom. The fourth-order valence-corrected chi connectivity index (χ4v) is 5.29. The molecule has 1 saturated carbocycles. The molecule has 10 heteroatoms. The van der Waals surface area contributed by atoms with Crippen molar-refractivity contribution in [1.82, 2.24) is 25.0 Å². The highest BCUT2D eigenvalue weighted by Gasteiger charge is 2.22. The van der Waals surface area contributed by atoms with E-state index >= 15 is 0 Å². The first-order valence-electron chi connectivity index (χ1n) is 10.4. The Labute approximate surface area is 192 Å². The highest BCUT2D eigenvalue weighted by atomic mass is 35.5. The topological polar surface area (TPSA) is 103 Å². The second-order valence-corrected chi connectivity index (χ2v) is 9.33. The average molecular weight is 470 g/mol. The van der Waals surface area contributed by atoms with Gasteiger partial charge in [-0.3, -0.25) is 14.2 Å². The molecular formula is C22H20ClN5O3S. The van der Waals surface area contributed by atoms with Crippen LogP contribution in [0, 0.1) is 6.92 Å². The van der Waals surface area contributed by atoms with Crippen molar-refractivity contribution in [3.63, 3.8) is 0 Å². The standard InChI is InChI=1S/C22H20ClN5O3S/c1-12-17-21(24-11-28(22(17)30)10-16(29)25-15-7-2-3-8-15)32-18(12)20-26-19(27-31-20)13-5-4-6-14(23)9-13/h4-6,9,11,15H,2-3,7-8,10H2,1H3,(H,25,29). The quantitative estimate of drug-likeness (QED) is 0.470. The molecule has 1 aromatic carbocycles. The molecule has 1 amide bonds. The van der Waals surface area contributed by atoms with Gasteiger partial charge in [-0.05, 0) is 37.5 Å². The van der Waals surface area contributed by atoms with Gasteiger partial charge in [0.05, 0.1) is 16.6 Å². The summed E-state index contributed by atoms with van der Waals surface area (Å²) >= 11 is 7.36. The molecule has 3 heterocycles. The van der Waals surface area contributed by atoms with Gasteiger partial charge in [-0.25, -0.2) is 4.98 Å². The molecule has 4 aromatic rings. The summed E-state index contributed by atoms with van der Waals surface area (Å²) in [5.41, 5.74) is 1.18. The maximum absolute atomic E-state index is 13.1. The molecule has 0 saturated heterocycles. The monoisotopic (exact) mass is 469 g/mol. The van der Waals surface area contributed by atoms with Crippen LogP contribution >= 0.6 is 22.9 Å². The number of nitrogens with zero attached hydrogens (tertiary/aromatic N) is 4. The van der Waals surface area contributed by atoms with Gasteiger partial charge in [-0.2, -0.15) is 4.98 Å². The summed E-state index contributed by atoms with van der Waals surface area (Å²) in [5.74, 6) is 0.551. The van der Waals surface area contributed by atoms with Gasteiger partial charge in [-0.15, -0.1) is 11.3 Å². The summed E-state index contributed by atoms with van der Waals surface area (Å²) in [6.45, 7) is 1.77. The molecule has 0 atom stereocenters. The van der Waals surface area contributed by atoms with E-state index in [2.05, 4.69) is 20.4 Å². The smallest absolute Gasteiger partial charge is 0.268 e. The second-order valence-electron chi connectivity index (χ2n) is 7.90. The lowest BCUT2D eigenvalue weighted by Gasteiger charge is -2.12. The molecule has 8 nitrogen and oxygen atoms in total. The third-order valence-corrected chi connectivity index (χ3v) is 7.08. The van der Waals surface area contributed by atoms with E-state index in [1.165, 1.54) is 22.2 Å². The molecule has 0 aliphatic heterocycles. The predicted octanol–water partition coefficient (Wildman–Crippen LogP) is 4.20. The van der Waals surface area contributed by atoms with Crippen LogP contribution in [-0.4, -0.2) is 31.6 Å². The summed E-state index contributed by atoms with van der Waals surface area (Å²) in [4.78, 5) is 35.6. The van der Waals surface area contributed by atoms with Crippen LogP contribution in [0.25, 0.3) is 32.4 Å². The van der Waals surface area contributed by atoms with Crippen molar-refractivity contribution >= 4 is 39.1 Å². The van der Waals surface area contributed by atoms with Crippen LogP contribution in [0.1, 0.15) is 31.2 Å². The van der Waals surface area contributed by atoms with E-state index in [1.54, 1.807) is 12.1 Å². The zero-order valence-electron chi connectivity index (χ0n) is 17.3. The number of nitrogens with one attached hydrogen (secondary N) is 1. The van der Waals surface area contributed by atoms with E-state index in [0.29, 0.717) is 37.4 Å². The van der Waals surface area contributed by atoms with Crippen molar-refractivity contribution in [3.8, 4) is 22.2 Å². The molecule has 0 radical (unpaired) electrons. The van der Waals surface area contributed by atoms with E-state index in [4.69, 9.17) is 16.1 Å². The highest BCUT2D eigenvalue weighted by Crippen LogP contribution is 2.35. The first-order chi connectivity index (χ1) is 15.5. The molecule has 1 aliphatic rings. The Balaban J connectivity index is 1.45. The minimum absolute atomic E-state index is 0.0532. The summed E-state index contributed by atoms with van der Waals surface area (Å²) in [6, 6.07) is 7.39. The van der Waals surface area contributed by atoms with Crippen LogP contribution in [0.15, 0.2) is 39.9 Å². The Hall–Kier alpha value is -3.04. The van der Waals surface area contributed by atoms with Crippen LogP contribution in [0.4, 0.5) is 0 Å². The van der Waals surface area contributed by atoms with Crippen molar-refractivity contribution in [2.45, 2.75) is 45.2 Å². The Morgan fingerprint density at radius 3 is 2.94 bits per heavy atom. The maximum Gasteiger partial charge on any atom is 0.268 e. The van der Waals surface area contributed by atoms with Crippen molar-refractivity contribution < 1.29 is 9.32 Å². The highest BCUT2D eigenvalue weighted by molar-refractivity contribution is 7.22. The molecule has 164 valence electrons. The van der Waals surface area contributed by atoms with Crippen molar-refractivity contribution in [1.29, 1.82) is 0 Å². The van der Waals surface area contributed by atoms with E-state index in [0.717, 1.165) is 31.2 Å². The number of hydrogen-bond donors (Lipinski definition) is 1. The van der Waals surface area contributed by atoms with Gasteiger partial charge in [0, 0.05) is 16.6 Å². The van der Waals surface area contributed by atoms with E-state index in [1.807, 2.05) is 19.1 Å². The van der Waals surface area contributed by atoms with E-state index < -0.39 is 0 Å². The van der Waals surface area contributed by atoms with Gasteiger partial charge in [-0.1, -0.05) is 41.7 Å². The molecule has 5 rings (SSSR count). The molecular weight excluding hydrogens is 450 g/mol. The van der Waals surface area contributed by atoms with Gasteiger partial charge < -0.3 is 9.84 Å². The van der Waals surface area contributed by atoms with Crippen LogP contribution in [0.5, 0.6) is 0 Å². The molecule has 0 unspecified atom stereocenters. The number of fused-ring (bicyclic) bond motifs is 1. The Kier molecular flexibility index (Phi) is 5.52. The number of rotatable bonds is 5. The van der Waals surface area contributed by atoms with Gasteiger partial charge in [0.2, 0.25) is 11.7 Å². The summed E-state index contributed by atoms with van der Waals surface area (Å²) in [7, 11) is 0. The normalized spacial score (nSPS) is 14.3. The number of thiophene rings is 1. The summed E-state index contributed by atoms with van der Waals surface area (Å²) < 4.78 is 6.82. The zero-order valence-corrected chi connectivity index (χ0v) is 18.9. The third kappa shape index (κ3) is 3.93. The third-order valence-electron chi connectivity index (χ3n) is 5.65. The minimum Gasteiger partial charge on any atom is -0.352 e. The van der Waals surface area contributed by atoms with Crippen LogP contribution in [-0.2, 0) is 11.3 Å². The molecule has 1 aliphatic carbocycles. The number of hydrogen-bond acceptors (Lipinski definition) is 7. The number of carbonyl (C=O) groups excluding carboxylic acids is 1. The Morgan fingerprint density at radius 1 is 1.34 bits per heavy atom. The average Bonchev–Trinajstić information content (AvgIpc) is 3.51. The van der Waals surface area contributed by atoms with Gasteiger partial charge in [0.15, 0.2) is 0 Å². The molecule has 0 bridgehead atoms. The molecule has 32 heavy (non-hydrogen) atoms. The van der Waals surface area contributed by atoms with Crippen LogP contribution in [0.2, 0.25) is 5.02 Å². The number of halogens is 1. The number of aryl methyl sites for hydroxylation is 1. The molecule has 3 aromatic heterocycles. The van der Waals surface area contributed by atoms with Gasteiger partial charge in [0.25, 0.3) is 11.4 Å². The fourth-order valence-electron chi connectivity index (χ4n) is 4.03. The second kappa shape index (κ2) is 8.48. The van der Waals surface area contributed by atoms with Gasteiger partial charge >= 0.3 is 0 Å². The lowest BCUT2D eigenvalue weighted by molar-refractivity contribution is -0.122. The zero-order chi connectivity index (χ0) is 22.2. The van der Waals surface area contributed by atoms with E-state index in [-0.39, 0.29) is 24.1 Å². The molecule has 1 N–H and O–H groups in total. The maximum atomic E-state index is 13.1. The van der Waals surface area contributed by atoms with Crippen LogP contribution < -0.4 is 10.9 Å². The lowest BCUT2D eigenvalue weighted by atomic mass is 10.2. The minimum atomic E-state index is -0.258. The first kappa shape index (κ1) is 20.8. The fraction of sp³-hybridized carbons (Fsp3) is 0.318. The van der Waals surface area contributed by atoms with Crippen LogP contribution in [0.3, 0.4) is 0 Å². The largest absolute Gasteiger partial charge is 0.352 e. The molecule has 0 spiro atoms. The number of aromatic nitrogens is 4. The van der Waals surface area contributed by atoms with Crippen molar-refractivity contribution in [3.05, 3.63) is 51.5 Å². The van der Waals surface area contributed by atoms with Gasteiger partial charge in [0.1, 0.15) is 11.4 Å². The van der Waals surface area contributed by atoms with E-state index in [9.17, 15) is 9.59 Å². The number of carbonyl (C=O) groups is 1. The number of benzene rings is 1.